The summed E-state index contributed by atoms with van der Waals surface area (Å²) in [6.07, 6.45) is 0. The second-order valence-corrected chi connectivity index (χ2v) is 5.90. The molecule has 0 spiro atoms. The number of nitrogens with zero attached hydrogens (tertiary/aromatic N) is 1. The molecule has 0 saturated heterocycles. The van der Waals surface area contributed by atoms with Gasteiger partial charge in [-0.05, 0) is 42.0 Å². The fourth-order valence-corrected chi connectivity index (χ4v) is 2.81. The first-order chi connectivity index (χ1) is 9.97. The molecular weight excluding hydrogens is 333 g/mol. The summed E-state index contributed by atoms with van der Waals surface area (Å²) in [6.45, 7) is 0.179. The largest absolute Gasteiger partial charge is 0.300 e. The number of amides is 1. The summed E-state index contributed by atoms with van der Waals surface area (Å²) in [4.78, 5) is 25.5. The van der Waals surface area contributed by atoms with E-state index in [2.05, 4.69) is 0 Å². The van der Waals surface area contributed by atoms with Crippen LogP contribution in [-0.2, 0) is 11.3 Å². The SMILES string of the molecule is O=C1C(=O)N(Cc2cc(Cl)ccc2Cl)c2ccc(Cl)cc21. The summed E-state index contributed by atoms with van der Waals surface area (Å²) in [5.41, 5.74) is 1.52. The Hall–Kier alpha value is -1.55. The van der Waals surface area contributed by atoms with E-state index in [1.165, 1.54) is 11.0 Å². The van der Waals surface area contributed by atoms with Gasteiger partial charge in [-0.25, -0.2) is 0 Å². The average molecular weight is 341 g/mol. The molecule has 2 aromatic carbocycles. The van der Waals surface area contributed by atoms with Crippen LogP contribution in [0.25, 0.3) is 0 Å². The topological polar surface area (TPSA) is 37.4 Å². The summed E-state index contributed by atoms with van der Waals surface area (Å²) in [7, 11) is 0. The van der Waals surface area contributed by atoms with Crippen LogP contribution in [-0.4, -0.2) is 11.7 Å². The number of ketones is 1. The summed E-state index contributed by atoms with van der Waals surface area (Å²) >= 11 is 17.9. The molecule has 21 heavy (non-hydrogen) atoms. The van der Waals surface area contributed by atoms with E-state index >= 15 is 0 Å². The Morgan fingerprint density at radius 3 is 2.33 bits per heavy atom. The molecule has 6 heteroatoms. The van der Waals surface area contributed by atoms with Gasteiger partial charge in [0.05, 0.1) is 17.8 Å². The first-order valence-corrected chi connectivity index (χ1v) is 7.20. The second kappa shape index (κ2) is 5.34. The third kappa shape index (κ3) is 2.53. The third-order valence-electron chi connectivity index (χ3n) is 3.27. The van der Waals surface area contributed by atoms with Crippen LogP contribution in [0.3, 0.4) is 0 Å². The smallest absolute Gasteiger partial charge is 0.299 e. The Labute approximate surface area is 136 Å². The Morgan fingerprint density at radius 2 is 1.57 bits per heavy atom. The van der Waals surface area contributed by atoms with E-state index in [9.17, 15) is 9.59 Å². The van der Waals surface area contributed by atoms with Crippen LogP contribution in [0.4, 0.5) is 5.69 Å². The molecule has 0 saturated carbocycles. The number of Topliss-reactive ketones (excluding diaryl/α,β-unsaturated/α-hetero) is 1. The number of hydrogen-bond donors (Lipinski definition) is 0. The average Bonchev–Trinajstić information content (AvgIpc) is 2.68. The highest BCUT2D eigenvalue weighted by atomic mass is 35.5. The van der Waals surface area contributed by atoms with E-state index in [1.807, 2.05) is 0 Å². The Morgan fingerprint density at radius 1 is 0.905 bits per heavy atom. The lowest BCUT2D eigenvalue weighted by Gasteiger charge is -2.17. The van der Waals surface area contributed by atoms with Gasteiger partial charge in [0.2, 0.25) is 0 Å². The minimum atomic E-state index is -0.594. The van der Waals surface area contributed by atoms with Crippen LogP contribution >= 0.6 is 34.8 Å². The second-order valence-electron chi connectivity index (χ2n) is 4.62. The van der Waals surface area contributed by atoms with Gasteiger partial charge in [-0.15, -0.1) is 0 Å². The predicted molar refractivity (Wildman–Crippen MR) is 83.4 cm³/mol. The molecule has 0 N–H and O–H groups in total. The van der Waals surface area contributed by atoms with Crippen LogP contribution in [0.15, 0.2) is 36.4 Å². The molecule has 1 heterocycles. The maximum Gasteiger partial charge on any atom is 0.299 e. The van der Waals surface area contributed by atoms with Crippen molar-refractivity contribution in [2.24, 2.45) is 0 Å². The van der Waals surface area contributed by atoms with Crippen molar-refractivity contribution in [2.45, 2.75) is 6.54 Å². The minimum Gasteiger partial charge on any atom is -0.300 e. The van der Waals surface area contributed by atoms with Gasteiger partial charge in [0.15, 0.2) is 0 Å². The monoisotopic (exact) mass is 339 g/mol. The number of benzene rings is 2. The van der Waals surface area contributed by atoms with Crippen LogP contribution in [0, 0.1) is 0 Å². The van der Waals surface area contributed by atoms with Gasteiger partial charge in [-0.3, -0.25) is 9.59 Å². The zero-order valence-corrected chi connectivity index (χ0v) is 12.8. The summed E-state index contributed by atoms with van der Waals surface area (Å²) in [5.74, 6) is -1.16. The molecule has 106 valence electrons. The molecule has 3 rings (SSSR count). The van der Waals surface area contributed by atoms with E-state index in [4.69, 9.17) is 34.8 Å². The summed E-state index contributed by atoms with van der Waals surface area (Å²) in [6, 6.07) is 9.78. The quantitative estimate of drug-likeness (QED) is 0.761. The van der Waals surface area contributed by atoms with Crippen molar-refractivity contribution in [1.29, 1.82) is 0 Å². The highest BCUT2D eigenvalue weighted by Gasteiger charge is 2.36. The van der Waals surface area contributed by atoms with Crippen molar-refractivity contribution >= 4 is 52.2 Å². The summed E-state index contributed by atoms with van der Waals surface area (Å²) in [5, 5.41) is 1.42. The van der Waals surface area contributed by atoms with Crippen molar-refractivity contribution in [2.75, 3.05) is 4.90 Å². The zero-order valence-electron chi connectivity index (χ0n) is 10.6. The van der Waals surface area contributed by atoms with E-state index in [0.29, 0.717) is 31.9 Å². The van der Waals surface area contributed by atoms with Crippen LogP contribution in [0.2, 0.25) is 15.1 Å². The fourth-order valence-electron chi connectivity index (χ4n) is 2.26. The van der Waals surface area contributed by atoms with Crippen LogP contribution in [0.5, 0.6) is 0 Å². The number of carbonyl (C=O) groups is 2. The van der Waals surface area contributed by atoms with Gasteiger partial charge in [0.25, 0.3) is 11.7 Å². The number of rotatable bonds is 2. The van der Waals surface area contributed by atoms with Gasteiger partial charge >= 0.3 is 0 Å². The molecule has 0 radical (unpaired) electrons. The molecule has 0 bridgehead atoms. The number of hydrogen-bond acceptors (Lipinski definition) is 2. The third-order valence-corrected chi connectivity index (χ3v) is 4.11. The van der Waals surface area contributed by atoms with Crippen LogP contribution < -0.4 is 4.90 Å². The molecule has 2 aromatic rings. The number of fused-ring (bicyclic) bond motifs is 1. The van der Waals surface area contributed by atoms with E-state index in [0.717, 1.165) is 0 Å². The highest BCUT2D eigenvalue weighted by molar-refractivity contribution is 6.52. The Balaban J connectivity index is 2.02. The number of halogens is 3. The first kappa shape index (κ1) is 14.4. The maximum absolute atomic E-state index is 12.1. The normalized spacial score (nSPS) is 13.8. The van der Waals surface area contributed by atoms with Crippen molar-refractivity contribution < 1.29 is 9.59 Å². The molecule has 0 aromatic heterocycles. The lowest BCUT2D eigenvalue weighted by atomic mass is 10.1. The van der Waals surface area contributed by atoms with E-state index in [1.54, 1.807) is 30.3 Å². The van der Waals surface area contributed by atoms with Gasteiger partial charge in [0.1, 0.15) is 0 Å². The predicted octanol–water partition coefficient (Wildman–Crippen LogP) is 4.38. The molecular formula is C15H8Cl3NO2. The molecule has 1 aliphatic heterocycles. The first-order valence-electron chi connectivity index (χ1n) is 6.07. The van der Waals surface area contributed by atoms with Crippen molar-refractivity contribution in [3.05, 3.63) is 62.6 Å². The van der Waals surface area contributed by atoms with Crippen molar-refractivity contribution in [3.63, 3.8) is 0 Å². The Bertz CT molecular complexity index is 774. The molecule has 0 aliphatic carbocycles. The fraction of sp³-hybridized carbons (Fsp3) is 0.0667. The highest BCUT2D eigenvalue weighted by Crippen LogP contribution is 2.33. The minimum absolute atomic E-state index is 0.179. The molecule has 3 nitrogen and oxygen atoms in total. The molecule has 1 aliphatic rings. The lowest BCUT2D eigenvalue weighted by molar-refractivity contribution is -0.114. The molecule has 1 amide bonds. The zero-order chi connectivity index (χ0) is 15.1. The van der Waals surface area contributed by atoms with Gasteiger partial charge in [0, 0.05) is 15.1 Å². The maximum atomic E-state index is 12.1. The van der Waals surface area contributed by atoms with Crippen molar-refractivity contribution in [3.8, 4) is 0 Å². The summed E-state index contributed by atoms with van der Waals surface area (Å²) < 4.78 is 0. The van der Waals surface area contributed by atoms with Gasteiger partial charge in [-0.1, -0.05) is 34.8 Å². The number of carbonyl (C=O) groups excluding carboxylic acids is 2. The Kier molecular flexibility index (Phi) is 3.66. The van der Waals surface area contributed by atoms with Crippen LogP contribution in [0.1, 0.15) is 15.9 Å². The lowest BCUT2D eigenvalue weighted by Crippen LogP contribution is -2.29. The molecule has 0 unspecified atom stereocenters. The van der Waals surface area contributed by atoms with Crippen molar-refractivity contribution in [1.82, 2.24) is 0 Å². The molecule has 0 fully saturated rings. The van der Waals surface area contributed by atoms with E-state index < -0.39 is 11.7 Å². The number of anilines is 1. The van der Waals surface area contributed by atoms with E-state index in [-0.39, 0.29) is 6.54 Å². The molecule has 0 atom stereocenters. The standard InChI is InChI=1S/C15H8Cl3NO2/c16-9-1-3-12(18)8(5-9)7-19-13-4-2-10(17)6-11(13)14(20)15(19)21/h1-6H,7H2. The van der Waals surface area contributed by atoms with Gasteiger partial charge < -0.3 is 4.90 Å². The van der Waals surface area contributed by atoms with Gasteiger partial charge in [-0.2, -0.15) is 0 Å².